The van der Waals surface area contributed by atoms with Crippen molar-refractivity contribution in [3.8, 4) is 0 Å². The summed E-state index contributed by atoms with van der Waals surface area (Å²) < 4.78 is 27.0. The Morgan fingerprint density at radius 2 is 1.67 bits per heavy atom. The van der Waals surface area contributed by atoms with Crippen molar-refractivity contribution in [3.05, 3.63) is 71.9 Å². The number of rotatable bonds is 5. The van der Waals surface area contributed by atoms with E-state index >= 15 is 0 Å². The standard InChI is InChI=1S/C16H13N3O3S2/c20-16(18-13-7-9-17-10-8-13)12-3-5-14(6-4-12)19-24(21,22)15-2-1-11-23-15/h1-11,19H,(H,17,18,20). The van der Waals surface area contributed by atoms with Gasteiger partial charge >= 0.3 is 0 Å². The summed E-state index contributed by atoms with van der Waals surface area (Å²) >= 11 is 1.14. The molecule has 2 aromatic heterocycles. The third-order valence-corrected chi connectivity index (χ3v) is 5.88. The summed E-state index contributed by atoms with van der Waals surface area (Å²) in [7, 11) is -3.59. The average molecular weight is 359 g/mol. The van der Waals surface area contributed by atoms with Gasteiger partial charge in [-0.05, 0) is 47.8 Å². The number of anilines is 2. The van der Waals surface area contributed by atoms with Gasteiger partial charge in [0, 0.05) is 29.3 Å². The highest BCUT2D eigenvalue weighted by molar-refractivity contribution is 7.94. The highest BCUT2D eigenvalue weighted by atomic mass is 32.2. The quantitative estimate of drug-likeness (QED) is 0.732. The number of carbonyl (C=O) groups is 1. The molecule has 6 nitrogen and oxygen atoms in total. The number of hydrogen-bond donors (Lipinski definition) is 2. The number of pyridine rings is 1. The van der Waals surface area contributed by atoms with E-state index in [0.717, 1.165) is 11.3 Å². The Bertz CT molecular complexity index is 922. The Hall–Kier alpha value is -2.71. The third kappa shape index (κ3) is 3.79. The Morgan fingerprint density at radius 1 is 0.958 bits per heavy atom. The van der Waals surface area contributed by atoms with Crippen LogP contribution >= 0.6 is 11.3 Å². The molecular weight excluding hydrogens is 346 g/mol. The average Bonchev–Trinajstić information content (AvgIpc) is 3.11. The van der Waals surface area contributed by atoms with Crippen molar-refractivity contribution in [2.75, 3.05) is 10.0 Å². The van der Waals surface area contributed by atoms with Crippen LogP contribution in [0.4, 0.5) is 11.4 Å². The number of sulfonamides is 1. The van der Waals surface area contributed by atoms with Gasteiger partial charge < -0.3 is 5.32 Å². The summed E-state index contributed by atoms with van der Waals surface area (Å²) in [5.74, 6) is -0.283. The van der Waals surface area contributed by atoms with Gasteiger partial charge in [0.15, 0.2) is 0 Å². The summed E-state index contributed by atoms with van der Waals surface area (Å²) in [5, 5.41) is 4.43. The highest BCUT2D eigenvalue weighted by Crippen LogP contribution is 2.20. The molecule has 0 saturated carbocycles. The van der Waals surface area contributed by atoms with Gasteiger partial charge in [0.2, 0.25) is 0 Å². The van der Waals surface area contributed by atoms with Crippen molar-refractivity contribution in [2.24, 2.45) is 0 Å². The summed E-state index contributed by atoms with van der Waals surface area (Å²) in [5.41, 5.74) is 1.45. The fraction of sp³-hybridized carbons (Fsp3) is 0. The lowest BCUT2D eigenvalue weighted by atomic mass is 10.2. The largest absolute Gasteiger partial charge is 0.322 e. The van der Waals surface area contributed by atoms with Crippen LogP contribution < -0.4 is 10.0 Å². The van der Waals surface area contributed by atoms with Crippen LogP contribution in [-0.4, -0.2) is 19.3 Å². The minimum atomic E-state index is -3.59. The van der Waals surface area contributed by atoms with E-state index in [9.17, 15) is 13.2 Å². The molecule has 3 aromatic rings. The molecule has 0 radical (unpaired) electrons. The molecule has 2 heterocycles. The summed E-state index contributed by atoms with van der Waals surface area (Å²) in [6, 6.07) is 12.8. The van der Waals surface area contributed by atoms with Gasteiger partial charge in [-0.3, -0.25) is 14.5 Å². The molecule has 0 fully saturated rings. The van der Waals surface area contributed by atoms with Crippen LogP contribution in [0.25, 0.3) is 0 Å². The molecule has 24 heavy (non-hydrogen) atoms. The molecule has 0 aliphatic heterocycles. The van der Waals surface area contributed by atoms with Gasteiger partial charge in [-0.25, -0.2) is 8.42 Å². The van der Waals surface area contributed by atoms with Gasteiger partial charge in [-0.15, -0.1) is 11.3 Å². The van der Waals surface area contributed by atoms with Crippen LogP contribution in [-0.2, 0) is 10.0 Å². The summed E-state index contributed by atoms with van der Waals surface area (Å²) in [6.45, 7) is 0. The first-order valence-corrected chi connectivity index (χ1v) is 9.29. The Morgan fingerprint density at radius 3 is 2.29 bits per heavy atom. The molecule has 3 rings (SSSR count). The minimum Gasteiger partial charge on any atom is -0.322 e. The van der Waals surface area contributed by atoms with E-state index in [1.807, 2.05) is 0 Å². The monoisotopic (exact) mass is 359 g/mol. The molecule has 122 valence electrons. The first-order chi connectivity index (χ1) is 11.5. The third-order valence-electron chi connectivity index (χ3n) is 3.10. The van der Waals surface area contributed by atoms with Crippen molar-refractivity contribution >= 4 is 38.6 Å². The molecule has 1 amide bonds. The van der Waals surface area contributed by atoms with E-state index in [1.165, 1.54) is 6.07 Å². The zero-order chi connectivity index (χ0) is 17.0. The molecule has 1 aromatic carbocycles. The van der Waals surface area contributed by atoms with Crippen LogP contribution in [0.5, 0.6) is 0 Å². The SMILES string of the molecule is O=C(Nc1ccncc1)c1ccc(NS(=O)(=O)c2cccs2)cc1. The van der Waals surface area contributed by atoms with Crippen molar-refractivity contribution in [1.82, 2.24) is 4.98 Å². The molecule has 0 aliphatic rings. The first kappa shape index (κ1) is 16.2. The van der Waals surface area contributed by atoms with Crippen molar-refractivity contribution in [3.63, 3.8) is 0 Å². The lowest BCUT2D eigenvalue weighted by Crippen LogP contribution is -2.13. The Labute approximate surface area is 143 Å². The Kier molecular flexibility index (Phi) is 4.59. The topological polar surface area (TPSA) is 88.2 Å². The van der Waals surface area contributed by atoms with Crippen molar-refractivity contribution in [1.29, 1.82) is 0 Å². The number of benzene rings is 1. The second-order valence-corrected chi connectivity index (χ2v) is 7.66. The molecule has 0 spiro atoms. The van der Waals surface area contributed by atoms with E-state index in [1.54, 1.807) is 60.2 Å². The maximum Gasteiger partial charge on any atom is 0.271 e. The van der Waals surface area contributed by atoms with Gasteiger partial charge in [0.25, 0.3) is 15.9 Å². The van der Waals surface area contributed by atoms with Crippen molar-refractivity contribution < 1.29 is 13.2 Å². The van der Waals surface area contributed by atoms with Gasteiger partial charge in [-0.1, -0.05) is 6.07 Å². The lowest BCUT2D eigenvalue weighted by Gasteiger charge is -2.08. The zero-order valence-electron chi connectivity index (χ0n) is 12.3. The smallest absolute Gasteiger partial charge is 0.271 e. The first-order valence-electron chi connectivity index (χ1n) is 6.92. The van der Waals surface area contributed by atoms with Crippen LogP contribution in [0.3, 0.4) is 0 Å². The summed E-state index contributed by atoms with van der Waals surface area (Å²) in [6.07, 6.45) is 3.16. The number of amides is 1. The maximum atomic E-state index is 12.1. The van der Waals surface area contributed by atoms with Gasteiger partial charge in [0.05, 0.1) is 0 Å². The Balaban J connectivity index is 1.70. The predicted octanol–water partition coefficient (Wildman–Crippen LogP) is 3.20. The van der Waals surface area contributed by atoms with Gasteiger partial charge in [-0.2, -0.15) is 0 Å². The van der Waals surface area contributed by atoms with E-state index in [-0.39, 0.29) is 10.1 Å². The lowest BCUT2D eigenvalue weighted by molar-refractivity contribution is 0.102. The number of nitrogens with one attached hydrogen (secondary N) is 2. The number of nitrogens with zero attached hydrogens (tertiary/aromatic N) is 1. The van der Waals surface area contributed by atoms with E-state index < -0.39 is 10.0 Å². The molecule has 0 saturated heterocycles. The van der Waals surface area contributed by atoms with Crippen LogP contribution in [0.15, 0.2) is 70.5 Å². The number of thiophene rings is 1. The molecule has 2 N–H and O–H groups in total. The fourth-order valence-corrected chi connectivity index (χ4v) is 4.00. The maximum absolute atomic E-state index is 12.1. The fourth-order valence-electron chi connectivity index (χ4n) is 1.95. The zero-order valence-corrected chi connectivity index (χ0v) is 14.0. The summed E-state index contributed by atoms with van der Waals surface area (Å²) in [4.78, 5) is 16.0. The normalized spacial score (nSPS) is 11.0. The van der Waals surface area contributed by atoms with E-state index in [0.29, 0.717) is 16.9 Å². The van der Waals surface area contributed by atoms with E-state index in [4.69, 9.17) is 0 Å². The minimum absolute atomic E-state index is 0.238. The predicted molar refractivity (Wildman–Crippen MR) is 93.8 cm³/mol. The van der Waals surface area contributed by atoms with Gasteiger partial charge in [0.1, 0.15) is 4.21 Å². The second kappa shape index (κ2) is 6.81. The molecule has 8 heteroatoms. The molecule has 0 unspecified atom stereocenters. The van der Waals surface area contributed by atoms with E-state index in [2.05, 4.69) is 15.0 Å². The molecule has 0 bridgehead atoms. The van der Waals surface area contributed by atoms with Crippen molar-refractivity contribution in [2.45, 2.75) is 4.21 Å². The number of aromatic nitrogens is 1. The van der Waals surface area contributed by atoms with Crippen LogP contribution in [0.1, 0.15) is 10.4 Å². The van der Waals surface area contributed by atoms with Crippen LogP contribution in [0.2, 0.25) is 0 Å². The number of hydrogen-bond acceptors (Lipinski definition) is 5. The number of carbonyl (C=O) groups excluding carboxylic acids is 1. The molecule has 0 aliphatic carbocycles. The second-order valence-electron chi connectivity index (χ2n) is 4.80. The van der Waals surface area contributed by atoms with Crippen LogP contribution in [0, 0.1) is 0 Å². The molecule has 0 atom stereocenters. The molecular formula is C16H13N3O3S2. The highest BCUT2D eigenvalue weighted by Gasteiger charge is 2.15.